The average Bonchev–Trinajstić information content (AvgIpc) is 2.94. The number of rotatable bonds is 5. The second kappa shape index (κ2) is 5.74. The molecule has 0 unspecified atom stereocenters. The molecule has 0 aliphatic carbocycles. The smallest absolute Gasteiger partial charge is 0.360 e. The van der Waals surface area contributed by atoms with E-state index >= 15 is 0 Å². The lowest BCUT2D eigenvalue weighted by molar-refractivity contribution is -0.384. The number of nitro benzene ring substituents is 1. The van der Waals surface area contributed by atoms with Gasteiger partial charge in [0.25, 0.3) is 5.69 Å². The summed E-state index contributed by atoms with van der Waals surface area (Å²) < 4.78 is 6.07. The molecule has 0 aliphatic heterocycles. The normalized spacial score (nSPS) is 10.0. The van der Waals surface area contributed by atoms with Gasteiger partial charge in [0, 0.05) is 12.1 Å². The van der Waals surface area contributed by atoms with Crippen LogP contribution >= 0.6 is 0 Å². The lowest BCUT2D eigenvalue weighted by atomic mass is 10.3. The molecule has 8 nitrogen and oxygen atoms in total. The summed E-state index contributed by atoms with van der Waals surface area (Å²) in [6.07, 6.45) is 2.77. The summed E-state index contributed by atoms with van der Waals surface area (Å²) in [6.45, 7) is 3.49. The van der Waals surface area contributed by atoms with Crippen molar-refractivity contribution in [2.24, 2.45) is 0 Å². The number of hydrogen-bond donors (Lipinski definition) is 0. The van der Waals surface area contributed by atoms with E-state index in [1.807, 2.05) is 0 Å². The number of nitro groups is 1. The lowest BCUT2D eigenvalue weighted by Crippen LogP contribution is -2.05. The van der Waals surface area contributed by atoms with Crippen LogP contribution in [0.25, 0.3) is 5.69 Å². The Morgan fingerprint density at radius 2 is 2.35 bits per heavy atom. The van der Waals surface area contributed by atoms with Gasteiger partial charge in [-0.1, -0.05) is 23.9 Å². The molecular weight excluding hydrogens is 264 g/mol. The van der Waals surface area contributed by atoms with Crippen molar-refractivity contribution < 1.29 is 14.5 Å². The zero-order chi connectivity index (χ0) is 14.5. The SMILES string of the molecule is C=CCOC(=O)c1cn(-c2cccc([N+](=O)[O-])c2)nn1. The van der Waals surface area contributed by atoms with Crippen molar-refractivity contribution in [2.45, 2.75) is 0 Å². The molecule has 0 saturated carbocycles. The minimum Gasteiger partial charge on any atom is -0.457 e. The number of ether oxygens (including phenoxy) is 1. The molecule has 0 radical (unpaired) electrons. The molecule has 20 heavy (non-hydrogen) atoms. The van der Waals surface area contributed by atoms with Crippen LogP contribution in [-0.2, 0) is 4.74 Å². The topological polar surface area (TPSA) is 100 Å². The van der Waals surface area contributed by atoms with Crippen molar-refractivity contribution in [3.05, 3.63) is 58.9 Å². The third-order valence-corrected chi connectivity index (χ3v) is 2.34. The van der Waals surface area contributed by atoms with Crippen molar-refractivity contribution in [3.63, 3.8) is 0 Å². The summed E-state index contributed by atoms with van der Waals surface area (Å²) in [5.41, 5.74) is 0.363. The van der Waals surface area contributed by atoms with Crippen LogP contribution in [0.15, 0.2) is 43.1 Å². The minimum absolute atomic E-state index is 0.0124. The predicted molar refractivity (Wildman–Crippen MR) is 68.5 cm³/mol. The first kappa shape index (κ1) is 13.4. The molecule has 0 spiro atoms. The number of esters is 1. The molecule has 0 fully saturated rings. The number of carbonyl (C=O) groups excluding carboxylic acids is 1. The molecular formula is C12H10N4O4. The molecule has 1 aromatic carbocycles. The molecule has 0 N–H and O–H groups in total. The third-order valence-electron chi connectivity index (χ3n) is 2.34. The second-order valence-corrected chi connectivity index (χ2v) is 3.71. The summed E-state index contributed by atoms with van der Waals surface area (Å²) in [6, 6.07) is 5.82. The van der Waals surface area contributed by atoms with Gasteiger partial charge in [-0.15, -0.1) is 5.10 Å². The van der Waals surface area contributed by atoms with Gasteiger partial charge in [-0.05, 0) is 6.07 Å². The van der Waals surface area contributed by atoms with Gasteiger partial charge in [-0.25, -0.2) is 9.48 Å². The van der Waals surface area contributed by atoms with E-state index in [0.717, 1.165) is 0 Å². The quantitative estimate of drug-likeness (QED) is 0.354. The van der Waals surface area contributed by atoms with Gasteiger partial charge in [-0.3, -0.25) is 10.1 Å². The van der Waals surface area contributed by atoms with E-state index < -0.39 is 10.9 Å². The van der Waals surface area contributed by atoms with Crippen LogP contribution < -0.4 is 0 Å². The van der Waals surface area contributed by atoms with E-state index in [2.05, 4.69) is 16.9 Å². The highest BCUT2D eigenvalue weighted by atomic mass is 16.6. The first-order valence-corrected chi connectivity index (χ1v) is 5.57. The molecule has 8 heteroatoms. The van der Waals surface area contributed by atoms with Gasteiger partial charge < -0.3 is 4.74 Å². The minimum atomic E-state index is -0.637. The maximum absolute atomic E-state index is 11.5. The molecule has 2 aromatic rings. The number of non-ortho nitro benzene ring substituents is 1. The Morgan fingerprint density at radius 1 is 1.55 bits per heavy atom. The van der Waals surface area contributed by atoms with Crippen molar-refractivity contribution in [1.29, 1.82) is 0 Å². The molecule has 0 bridgehead atoms. The molecule has 0 atom stereocenters. The lowest BCUT2D eigenvalue weighted by Gasteiger charge is -1.99. The summed E-state index contributed by atoms with van der Waals surface area (Å²) >= 11 is 0. The van der Waals surface area contributed by atoms with E-state index in [4.69, 9.17) is 4.74 Å². The maximum atomic E-state index is 11.5. The van der Waals surface area contributed by atoms with Crippen molar-refractivity contribution in [1.82, 2.24) is 15.0 Å². The summed E-state index contributed by atoms with van der Waals surface area (Å²) in [4.78, 5) is 21.7. The van der Waals surface area contributed by atoms with Crippen molar-refractivity contribution in [2.75, 3.05) is 6.61 Å². The zero-order valence-electron chi connectivity index (χ0n) is 10.3. The van der Waals surface area contributed by atoms with Crippen LogP contribution in [0.3, 0.4) is 0 Å². The molecule has 102 valence electrons. The molecule has 0 aliphatic rings. The summed E-state index contributed by atoms with van der Waals surface area (Å²) in [7, 11) is 0. The maximum Gasteiger partial charge on any atom is 0.360 e. The van der Waals surface area contributed by atoms with E-state index in [1.54, 1.807) is 6.07 Å². The Morgan fingerprint density at radius 3 is 3.05 bits per heavy atom. The van der Waals surface area contributed by atoms with Crippen LogP contribution in [-0.4, -0.2) is 32.5 Å². The fourth-order valence-electron chi connectivity index (χ4n) is 1.44. The van der Waals surface area contributed by atoms with E-state index in [0.29, 0.717) is 5.69 Å². The highest BCUT2D eigenvalue weighted by molar-refractivity contribution is 5.86. The van der Waals surface area contributed by atoms with E-state index in [-0.39, 0.29) is 18.0 Å². The summed E-state index contributed by atoms with van der Waals surface area (Å²) in [5.74, 6) is -0.637. The van der Waals surface area contributed by atoms with Gasteiger partial charge in [0.15, 0.2) is 5.69 Å². The zero-order valence-corrected chi connectivity index (χ0v) is 10.3. The Kier molecular flexibility index (Phi) is 3.85. The number of hydrogen-bond acceptors (Lipinski definition) is 6. The number of aromatic nitrogens is 3. The van der Waals surface area contributed by atoms with Gasteiger partial charge >= 0.3 is 5.97 Å². The summed E-state index contributed by atoms with van der Waals surface area (Å²) in [5, 5.41) is 18.1. The highest BCUT2D eigenvalue weighted by Gasteiger charge is 2.13. The first-order valence-electron chi connectivity index (χ1n) is 5.57. The second-order valence-electron chi connectivity index (χ2n) is 3.71. The van der Waals surface area contributed by atoms with Gasteiger partial charge in [0.1, 0.15) is 6.61 Å². The van der Waals surface area contributed by atoms with E-state index in [1.165, 1.54) is 35.2 Å². The Labute approximate surface area is 113 Å². The molecule has 2 rings (SSSR count). The Bertz CT molecular complexity index is 665. The van der Waals surface area contributed by atoms with Crippen molar-refractivity contribution in [3.8, 4) is 5.69 Å². The number of nitrogens with zero attached hydrogens (tertiary/aromatic N) is 4. The number of benzene rings is 1. The molecule has 1 aromatic heterocycles. The van der Waals surface area contributed by atoms with Crippen LogP contribution in [0, 0.1) is 10.1 Å². The van der Waals surface area contributed by atoms with Crippen LogP contribution in [0.4, 0.5) is 5.69 Å². The molecule has 0 amide bonds. The monoisotopic (exact) mass is 274 g/mol. The van der Waals surface area contributed by atoms with Crippen LogP contribution in [0.1, 0.15) is 10.5 Å². The van der Waals surface area contributed by atoms with Gasteiger partial charge in [0.2, 0.25) is 0 Å². The predicted octanol–water partition coefficient (Wildman–Crippen LogP) is 1.52. The highest BCUT2D eigenvalue weighted by Crippen LogP contribution is 2.16. The third kappa shape index (κ3) is 2.86. The largest absolute Gasteiger partial charge is 0.457 e. The van der Waals surface area contributed by atoms with Gasteiger partial charge in [-0.2, -0.15) is 0 Å². The Hall–Kier alpha value is -3.03. The van der Waals surface area contributed by atoms with Crippen LogP contribution in [0.2, 0.25) is 0 Å². The molecule has 1 heterocycles. The first-order chi connectivity index (χ1) is 9.61. The fourth-order valence-corrected chi connectivity index (χ4v) is 1.44. The van der Waals surface area contributed by atoms with Crippen LogP contribution in [0.5, 0.6) is 0 Å². The number of carbonyl (C=O) groups is 1. The Balaban J connectivity index is 2.24. The average molecular weight is 274 g/mol. The van der Waals surface area contributed by atoms with Crippen molar-refractivity contribution >= 4 is 11.7 Å². The van der Waals surface area contributed by atoms with E-state index in [9.17, 15) is 14.9 Å². The fraction of sp³-hybridized carbons (Fsp3) is 0.0833. The molecule has 0 saturated heterocycles. The standard InChI is InChI=1S/C12H10N4O4/c1-2-6-20-12(17)11-8-15(14-13-11)9-4-3-5-10(7-9)16(18)19/h2-5,7-8H,1,6H2. The van der Waals surface area contributed by atoms with Gasteiger partial charge in [0.05, 0.1) is 16.8 Å².